The second-order valence-electron chi connectivity index (χ2n) is 4.13. The summed E-state index contributed by atoms with van der Waals surface area (Å²) in [6, 6.07) is 3.47. The van der Waals surface area contributed by atoms with E-state index < -0.39 is 5.51 Å². The SMILES string of the molecule is N[C@H](c1cc(SC(F)(F)F)ccc1O)C1CC1. The molecule has 6 heteroatoms. The summed E-state index contributed by atoms with van der Waals surface area (Å²) in [4.78, 5) is 0.0569. The monoisotopic (exact) mass is 263 g/mol. The van der Waals surface area contributed by atoms with Gasteiger partial charge in [0.1, 0.15) is 5.75 Å². The summed E-state index contributed by atoms with van der Waals surface area (Å²) in [5.41, 5.74) is 1.97. The number of hydrogen-bond donors (Lipinski definition) is 2. The van der Waals surface area contributed by atoms with Crippen LogP contribution in [0.1, 0.15) is 24.4 Å². The van der Waals surface area contributed by atoms with Crippen molar-refractivity contribution >= 4 is 11.8 Å². The first kappa shape index (κ1) is 12.6. The topological polar surface area (TPSA) is 46.2 Å². The number of aromatic hydroxyl groups is 1. The molecule has 1 aromatic rings. The van der Waals surface area contributed by atoms with Gasteiger partial charge >= 0.3 is 5.51 Å². The van der Waals surface area contributed by atoms with E-state index in [0.29, 0.717) is 5.56 Å². The lowest BCUT2D eigenvalue weighted by Gasteiger charge is -2.14. The van der Waals surface area contributed by atoms with E-state index in [1.54, 1.807) is 0 Å². The van der Waals surface area contributed by atoms with Crippen molar-refractivity contribution in [3.8, 4) is 5.75 Å². The van der Waals surface area contributed by atoms with Crippen molar-refractivity contribution in [3.63, 3.8) is 0 Å². The van der Waals surface area contributed by atoms with Crippen molar-refractivity contribution in [1.82, 2.24) is 0 Å². The van der Waals surface area contributed by atoms with Crippen LogP contribution in [0.5, 0.6) is 5.75 Å². The number of thioether (sulfide) groups is 1. The van der Waals surface area contributed by atoms with Crippen LogP contribution in [0.3, 0.4) is 0 Å². The van der Waals surface area contributed by atoms with E-state index in [1.165, 1.54) is 18.2 Å². The quantitative estimate of drug-likeness (QED) is 0.821. The molecular weight excluding hydrogens is 251 g/mol. The van der Waals surface area contributed by atoms with Crippen molar-refractivity contribution in [2.75, 3.05) is 0 Å². The maximum atomic E-state index is 12.2. The van der Waals surface area contributed by atoms with Gasteiger partial charge in [0.15, 0.2) is 0 Å². The molecule has 0 radical (unpaired) electrons. The maximum absolute atomic E-state index is 12.2. The predicted octanol–water partition coefficient (Wildman–Crippen LogP) is 3.41. The third-order valence-corrected chi connectivity index (χ3v) is 3.44. The van der Waals surface area contributed by atoms with Crippen LogP contribution in [-0.2, 0) is 0 Å². The molecule has 2 rings (SSSR count). The van der Waals surface area contributed by atoms with Crippen LogP contribution in [0.15, 0.2) is 23.1 Å². The van der Waals surface area contributed by atoms with Crippen molar-refractivity contribution < 1.29 is 18.3 Å². The highest BCUT2D eigenvalue weighted by molar-refractivity contribution is 8.00. The fourth-order valence-corrected chi connectivity index (χ4v) is 2.30. The molecule has 2 nitrogen and oxygen atoms in total. The Hall–Kier alpha value is -0.880. The molecule has 0 aliphatic heterocycles. The minimum atomic E-state index is -4.32. The molecule has 1 atom stereocenters. The zero-order chi connectivity index (χ0) is 12.6. The summed E-state index contributed by atoms with van der Waals surface area (Å²) in [6.07, 6.45) is 1.94. The average Bonchev–Trinajstić information content (AvgIpc) is 3.01. The van der Waals surface area contributed by atoms with Crippen LogP contribution in [0.4, 0.5) is 13.2 Å². The molecule has 0 saturated heterocycles. The van der Waals surface area contributed by atoms with Gasteiger partial charge in [-0.05, 0) is 48.7 Å². The van der Waals surface area contributed by atoms with E-state index in [0.717, 1.165) is 12.8 Å². The van der Waals surface area contributed by atoms with Crippen molar-refractivity contribution in [2.24, 2.45) is 11.7 Å². The Morgan fingerprint density at radius 1 is 1.35 bits per heavy atom. The Kier molecular flexibility index (Phi) is 3.27. The van der Waals surface area contributed by atoms with E-state index in [-0.39, 0.29) is 34.4 Å². The van der Waals surface area contributed by atoms with Gasteiger partial charge in [-0.25, -0.2) is 0 Å². The van der Waals surface area contributed by atoms with Gasteiger partial charge in [0.25, 0.3) is 0 Å². The summed E-state index contributed by atoms with van der Waals surface area (Å²) in [5.74, 6) is 0.253. The summed E-state index contributed by atoms with van der Waals surface area (Å²) in [5, 5.41) is 9.61. The zero-order valence-corrected chi connectivity index (χ0v) is 9.68. The standard InChI is InChI=1S/C11H12F3NOS/c12-11(13,14)17-7-3-4-9(16)8(5-7)10(15)6-1-2-6/h3-6,10,16H,1-2,15H2/t10-/m0/s1. The van der Waals surface area contributed by atoms with Crippen molar-refractivity contribution in [2.45, 2.75) is 29.3 Å². The number of halogens is 3. The van der Waals surface area contributed by atoms with Gasteiger partial charge in [0, 0.05) is 16.5 Å². The average molecular weight is 263 g/mol. The largest absolute Gasteiger partial charge is 0.508 e. The molecule has 17 heavy (non-hydrogen) atoms. The number of benzene rings is 1. The molecule has 1 fully saturated rings. The fourth-order valence-electron chi connectivity index (χ4n) is 1.71. The van der Waals surface area contributed by atoms with Crippen LogP contribution < -0.4 is 5.73 Å². The molecule has 0 bridgehead atoms. The molecule has 3 N–H and O–H groups in total. The smallest absolute Gasteiger partial charge is 0.446 e. The highest BCUT2D eigenvalue weighted by Crippen LogP contribution is 2.44. The Morgan fingerprint density at radius 2 is 2.00 bits per heavy atom. The molecule has 0 heterocycles. The summed E-state index contributed by atoms with van der Waals surface area (Å²) >= 11 is -0.194. The molecular formula is C11H12F3NOS. The molecule has 1 saturated carbocycles. The number of phenols is 1. The Labute approximate surface area is 101 Å². The van der Waals surface area contributed by atoms with E-state index >= 15 is 0 Å². The first-order valence-electron chi connectivity index (χ1n) is 5.21. The molecule has 1 aromatic carbocycles. The van der Waals surface area contributed by atoms with Gasteiger partial charge in [0.05, 0.1) is 0 Å². The van der Waals surface area contributed by atoms with Crippen molar-refractivity contribution in [1.29, 1.82) is 0 Å². The Bertz CT molecular complexity index is 418. The lowest BCUT2D eigenvalue weighted by molar-refractivity contribution is -0.0328. The second-order valence-corrected chi connectivity index (χ2v) is 5.27. The molecule has 0 amide bonds. The van der Waals surface area contributed by atoms with E-state index in [4.69, 9.17) is 5.73 Å². The van der Waals surface area contributed by atoms with E-state index in [2.05, 4.69) is 0 Å². The van der Waals surface area contributed by atoms with Crippen LogP contribution in [0, 0.1) is 5.92 Å². The summed E-state index contributed by atoms with van der Waals surface area (Å²) in [7, 11) is 0. The van der Waals surface area contributed by atoms with Crippen LogP contribution in [0.25, 0.3) is 0 Å². The highest BCUT2D eigenvalue weighted by Gasteiger charge is 2.33. The maximum Gasteiger partial charge on any atom is 0.446 e. The highest BCUT2D eigenvalue weighted by atomic mass is 32.2. The Balaban J connectivity index is 2.22. The van der Waals surface area contributed by atoms with Crippen LogP contribution >= 0.6 is 11.8 Å². The second kappa shape index (κ2) is 4.42. The number of rotatable bonds is 3. The van der Waals surface area contributed by atoms with Gasteiger partial charge in [-0.1, -0.05) is 0 Å². The molecule has 94 valence electrons. The van der Waals surface area contributed by atoms with Crippen molar-refractivity contribution in [3.05, 3.63) is 23.8 Å². The normalized spacial score (nSPS) is 18.1. The number of hydrogen-bond acceptors (Lipinski definition) is 3. The molecule has 0 unspecified atom stereocenters. The summed E-state index contributed by atoms with van der Waals surface area (Å²) < 4.78 is 36.6. The fraction of sp³-hybridized carbons (Fsp3) is 0.455. The summed E-state index contributed by atoms with van der Waals surface area (Å²) in [6.45, 7) is 0. The number of phenolic OH excluding ortho intramolecular Hbond substituents is 1. The molecule has 0 spiro atoms. The molecule has 1 aliphatic rings. The number of alkyl halides is 3. The lowest BCUT2D eigenvalue weighted by atomic mass is 10.0. The van der Waals surface area contributed by atoms with Gasteiger partial charge in [-0.2, -0.15) is 13.2 Å². The van der Waals surface area contributed by atoms with E-state index in [1.807, 2.05) is 0 Å². The van der Waals surface area contributed by atoms with Gasteiger partial charge < -0.3 is 10.8 Å². The molecule has 1 aliphatic carbocycles. The van der Waals surface area contributed by atoms with Crippen LogP contribution in [0.2, 0.25) is 0 Å². The first-order valence-corrected chi connectivity index (χ1v) is 6.03. The Morgan fingerprint density at radius 3 is 2.53 bits per heavy atom. The van der Waals surface area contributed by atoms with Gasteiger partial charge in [0.2, 0.25) is 0 Å². The zero-order valence-electron chi connectivity index (χ0n) is 8.87. The van der Waals surface area contributed by atoms with Gasteiger partial charge in [-0.15, -0.1) is 0 Å². The lowest BCUT2D eigenvalue weighted by Crippen LogP contribution is -2.12. The van der Waals surface area contributed by atoms with Crippen LogP contribution in [-0.4, -0.2) is 10.6 Å². The molecule has 0 aromatic heterocycles. The van der Waals surface area contributed by atoms with Gasteiger partial charge in [-0.3, -0.25) is 0 Å². The predicted molar refractivity (Wildman–Crippen MR) is 59.7 cm³/mol. The van der Waals surface area contributed by atoms with E-state index in [9.17, 15) is 18.3 Å². The number of nitrogens with two attached hydrogens (primary N) is 1. The first-order chi connectivity index (χ1) is 7.87. The minimum Gasteiger partial charge on any atom is -0.508 e. The minimum absolute atomic E-state index is 0.0316. The third-order valence-electron chi connectivity index (χ3n) is 2.72. The third kappa shape index (κ3) is 3.29.